The van der Waals surface area contributed by atoms with Crippen molar-refractivity contribution in [2.75, 3.05) is 4.90 Å². The van der Waals surface area contributed by atoms with Crippen LogP contribution in [0.2, 0.25) is 0 Å². The Bertz CT molecular complexity index is 3490. The van der Waals surface area contributed by atoms with Crippen LogP contribution < -0.4 is 4.90 Å². The second kappa shape index (κ2) is 13.7. The van der Waals surface area contributed by atoms with Gasteiger partial charge in [0, 0.05) is 33.1 Å². The maximum absolute atomic E-state index is 7.08. The van der Waals surface area contributed by atoms with Crippen LogP contribution in [0.5, 0.6) is 0 Å². The summed E-state index contributed by atoms with van der Waals surface area (Å²) < 4.78 is 7.08. The van der Waals surface area contributed by atoms with Crippen molar-refractivity contribution in [1.82, 2.24) is 0 Å². The van der Waals surface area contributed by atoms with E-state index in [0.717, 1.165) is 55.5 Å². The Morgan fingerprint density at radius 3 is 1.79 bits per heavy atom. The Morgan fingerprint density at radius 1 is 0.377 bits per heavy atom. The fourth-order valence-corrected chi connectivity index (χ4v) is 10.0. The minimum atomic E-state index is -0.177. The smallest absolute Gasteiger partial charge is 0.143 e. The molecule has 0 aliphatic heterocycles. The molecule has 1 aromatic heterocycles. The molecule has 1 aliphatic rings. The molecule has 0 spiro atoms. The molecule has 11 aromatic rings. The van der Waals surface area contributed by atoms with Crippen LogP contribution in [-0.4, -0.2) is 0 Å². The van der Waals surface area contributed by atoms with Crippen LogP contribution in [0.3, 0.4) is 0 Å². The van der Waals surface area contributed by atoms with Gasteiger partial charge in [-0.25, -0.2) is 0 Å². The molecule has 12 rings (SSSR count). The second-order valence-electron chi connectivity index (χ2n) is 16.9. The fourth-order valence-electron chi connectivity index (χ4n) is 10.0. The third kappa shape index (κ3) is 5.56. The monoisotopic (exact) mass is 779 g/mol. The minimum absolute atomic E-state index is 0.177. The molecule has 0 saturated carbocycles. The average Bonchev–Trinajstić information content (AvgIpc) is 3.81. The van der Waals surface area contributed by atoms with Gasteiger partial charge >= 0.3 is 0 Å². The lowest BCUT2D eigenvalue weighted by atomic mass is 9.82. The summed E-state index contributed by atoms with van der Waals surface area (Å²) in [6, 6.07) is 77.5. The van der Waals surface area contributed by atoms with Gasteiger partial charge in [-0.3, -0.25) is 0 Å². The highest BCUT2D eigenvalue weighted by Gasteiger charge is 2.36. The van der Waals surface area contributed by atoms with E-state index in [0.29, 0.717) is 0 Å². The van der Waals surface area contributed by atoms with Crippen molar-refractivity contribution in [3.8, 4) is 44.5 Å². The summed E-state index contributed by atoms with van der Waals surface area (Å²) in [6.07, 6.45) is 0. The summed E-state index contributed by atoms with van der Waals surface area (Å²) in [5.41, 5.74) is 17.1. The fraction of sp³-hybridized carbons (Fsp3) is 0.0508. The number of anilines is 3. The number of rotatable bonds is 6. The van der Waals surface area contributed by atoms with Crippen molar-refractivity contribution < 1.29 is 4.42 Å². The third-order valence-corrected chi connectivity index (χ3v) is 13.0. The Hall–Kier alpha value is -7.68. The largest absolute Gasteiger partial charge is 0.455 e. The highest BCUT2D eigenvalue weighted by Crippen LogP contribution is 2.54. The molecule has 2 heteroatoms. The van der Waals surface area contributed by atoms with E-state index in [-0.39, 0.29) is 5.41 Å². The molecule has 2 nitrogen and oxygen atoms in total. The molecule has 0 radical (unpaired) electrons. The van der Waals surface area contributed by atoms with Crippen molar-refractivity contribution in [1.29, 1.82) is 0 Å². The van der Waals surface area contributed by atoms with E-state index < -0.39 is 0 Å². The molecule has 0 unspecified atom stereocenters. The van der Waals surface area contributed by atoms with Gasteiger partial charge in [0.1, 0.15) is 11.2 Å². The van der Waals surface area contributed by atoms with E-state index >= 15 is 0 Å². The summed E-state index contributed by atoms with van der Waals surface area (Å²) in [6.45, 7) is 4.73. The maximum atomic E-state index is 7.08. The van der Waals surface area contributed by atoms with Crippen LogP contribution in [0.1, 0.15) is 25.0 Å². The van der Waals surface area contributed by atoms with Gasteiger partial charge in [-0.1, -0.05) is 178 Å². The van der Waals surface area contributed by atoms with Crippen molar-refractivity contribution in [2.24, 2.45) is 0 Å². The molecule has 0 atom stereocenters. The molecule has 1 heterocycles. The first-order chi connectivity index (χ1) is 30.0. The van der Waals surface area contributed by atoms with Gasteiger partial charge in [0.05, 0.1) is 11.1 Å². The Kier molecular flexibility index (Phi) is 7.92. The van der Waals surface area contributed by atoms with Crippen molar-refractivity contribution >= 4 is 60.5 Å². The molecule has 61 heavy (non-hydrogen) atoms. The number of furan rings is 1. The second-order valence-corrected chi connectivity index (χ2v) is 16.9. The number of hydrogen-bond acceptors (Lipinski definition) is 2. The average molecular weight is 780 g/mol. The number of nitrogens with zero attached hydrogens (tertiary/aromatic N) is 1. The summed E-state index contributed by atoms with van der Waals surface area (Å²) in [5.74, 6) is 0. The molecule has 0 saturated heterocycles. The molecular weight excluding hydrogens is 739 g/mol. The quantitative estimate of drug-likeness (QED) is 0.167. The van der Waals surface area contributed by atoms with E-state index in [1.54, 1.807) is 0 Å². The minimum Gasteiger partial charge on any atom is -0.455 e. The summed E-state index contributed by atoms with van der Waals surface area (Å²) in [5, 5.41) is 6.87. The van der Waals surface area contributed by atoms with Crippen LogP contribution >= 0.6 is 0 Å². The van der Waals surface area contributed by atoms with Gasteiger partial charge < -0.3 is 9.32 Å². The predicted octanol–water partition coefficient (Wildman–Crippen LogP) is 16.7. The van der Waals surface area contributed by atoms with E-state index in [2.05, 4.69) is 231 Å². The van der Waals surface area contributed by atoms with E-state index in [9.17, 15) is 0 Å². The highest BCUT2D eigenvalue weighted by atomic mass is 16.3. The highest BCUT2D eigenvalue weighted by molar-refractivity contribution is 6.24. The Morgan fingerprint density at radius 2 is 0.984 bits per heavy atom. The Balaban J connectivity index is 1.20. The van der Waals surface area contributed by atoms with Gasteiger partial charge in [0.25, 0.3) is 0 Å². The molecular formula is C59H41NO. The molecule has 0 bridgehead atoms. The van der Waals surface area contributed by atoms with Crippen molar-refractivity contribution in [2.45, 2.75) is 19.3 Å². The van der Waals surface area contributed by atoms with Gasteiger partial charge in [0.15, 0.2) is 0 Å². The van der Waals surface area contributed by atoms with Gasteiger partial charge in [-0.15, -0.1) is 0 Å². The first kappa shape index (κ1) is 35.3. The third-order valence-electron chi connectivity index (χ3n) is 13.0. The predicted molar refractivity (Wildman–Crippen MR) is 257 cm³/mol. The van der Waals surface area contributed by atoms with Crippen molar-refractivity contribution in [3.05, 3.63) is 223 Å². The van der Waals surface area contributed by atoms with Gasteiger partial charge in [-0.2, -0.15) is 0 Å². The van der Waals surface area contributed by atoms with Crippen molar-refractivity contribution in [3.63, 3.8) is 0 Å². The van der Waals surface area contributed by atoms with Crippen LogP contribution in [0.4, 0.5) is 17.1 Å². The van der Waals surface area contributed by atoms with Gasteiger partial charge in [-0.05, 0) is 115 Å². The first-order valence-electron chi connectivity index (χ1n) is 21.2. The number of fused-ring (bicyclic) bond motifs is 9. The maximum Gasteiger partial charge on any atom is 0.143 e. The van der Waals surface area contributed by atoms with Crippen LogP contribution in [-0.2, 0) is 5.41 Å². The molecule has 0 N–H and O–H groups in total. The zero-order valence-corrected chi connectivity index (χ0v) is 34.1. The molecule has 1 aliphatic carbocycles. The van der Waals surface area contributed by atoms with Gasteiger partial charge in [0.2, 0.25) is 0 Å². The molecule has 0 amide bonds. The molecule has 288 valence electrons. The number of benzene rings is 10. The summed E-state index contributed by atoms with van der Waals surface area (Å²) in [7, 11) is 0. The first-order valence-corrected chi connectivity index (χ1v) is 21.2. The van der Waals surface area contributed by atoms with E-state index in [4.69, 9.17) is 4.42 Å². The lowest BCUT2D eigenvalue weighted by Crippen LogP contribution is -2.17. The lowest BCUT2D eigenvalue weighted by Gasteiger charge is -2.30. The van der Waals surface area contributed by atoms with Crippen LogP contribution in [0.15, 0.2) is 217 Å². The van der Waals surface area contributed by atoms with E-state index in [1.807, 2.05) is 0 Å². The summed E-state index contributed by atoms with van der Waals surface area (Å²) >= 11 is 0. The topological polar surface area (TPSA) is 16.4 Å². The van der Waals surface area contributed by atoms with E-state index in [1.165, 1.54) is 60.7 Å². The standard InChI is InChI=1S/C59H41NO/c1-59(2)53-24-14-13-22-48(53)49-32-31-45(36-54(49)59)60(44-29-27-40(28-30-44)38-15-5-3-6-16-38)57-46(43-26-25-39-17-9-10-20-42(39)35-43)33-34-55-56(57)52-37-51(41-18-7-4-8-19-41)47-21-11-12-23-50(47)58(52)61-55/h3-37H,1-2H3. The number of hydrogen-bond donors (Lipinski definition) is 0. The van der Waals surface area contributed by atoms with Crippen LogP contribution in [0.25, 0.3) is 88.0 Å². The van der Waals surface area contributed by atoms with Crippen LogP contribution in [0, 0.1) is 0 Å². The lowest BCUT2D eigenvalue weighted by molar-refractivity contribution is 0.660. The normalized spacial score (nSPS) is 12.9. The zero-order chi connectivity index (χ0) is 40.7. The summed E-state index contributed by atoms with van der Waals surface area (Å²) in [4.78, 5) is 2.49. The molecule has 10 aromatic carbocycles. The Labute approximate surface area is 355 Å². The zero-order valence-electron chi connectivity index (χ0n) is 34.1. The molecule has 0 fully saturated rings. The SMILES string of the molecule is CC1(C)c2ccccc2-c2ccc(N(c3ccc(-c4ccccc4)cc3)c3c(-c4ccc5ccccc5c4)ccc4oc5c6ccccc6c(-c6ccccc6)cc5c34)cc21.